The van der Waals surface area contributed by atoms with Gasteiger partial charge in [0.05, 0.1) is 5.60 Å². The normalized spacial score (nSPS) is 16.4. The fourth-order valence-electron chi connectivity index (χ4n) is 1.15. The molecule has 2 unspecified atom stereocenters. The highest BCUT2D eigenvalue weighted by Gasteiger charge is 2.18. The first kappa shape index (κ1) is 13.7. The average molecular weight is 199 g/mol. The van der Waals surface area contributed by atoms with Gasteiger partial charge in [0, 0.05) is 19.7 Å². The van der Waals surface area contributed by atoms with Crippen LogP contribution in [0.1, 0.15) is 34.1 Å². The Kier molecular flexibility index (Phi) is 6.05. The molecule has 0 aliphatic heterocycles. The molecule has 0 spiro atoms. The second-order valence-electron chi connectivity index (χ2n) is 4.64. The van der Waals surface area contributed by atoms with Gasteiger partial charge in [-0.1, -0.05) is 13.0 Å². The van der Waals surface area contributed by atoms with Crippen molar-refractivity contribution in [3.05, 3.63) is 12.7 Å². The Labute approximate surface area is 88.7 Å². The van der Waals surface area contributed by atoms with Crippen molar-refractivity contribution in [3.63, 3.8) is 0 Å². The highest BCUT2D eigenvalue weighted by molar-refractivity contribution is 4.80. The quantitative estimate of drug-likeness (QED) is 0.636. The highest BCUT2D eigenvalue weighted by Crippen LogP contribution is 2.10. The Bertz CT molecular complexity index is 166. The van der Waals surface area contributed by atoms with Gasteiger partial charge < -0.3 is 10.1 Å². The minimum atomic E-state index is -0.0812. The third kappa shape index (κ3) is 5.40. The molecule has 0 aromatic carbocycles. The lowest BCUT2D eigenvalue weighted by atomic mass is 9.99. The summed E-state index contributed by atoms with van der Waals surface area (Å²) in [6.07, 6.45) is 3.03. The molecule has 1 N–H and O–H groups in total. The van der Waals surface area contributed by atoms with Crippen molar-refractivity contribution in [2.75, 3.05) is 13.7 Å². The van der Waals surface area contributed by atoms with Gasteiger partial charge in [0.25, 0.3) is 0 Å². The maximum Gasteiger partial charge on any atom is 0.0746 e. The topological polar surface area (TPSA) is 21.3 Å². The van der Waals surface area contributed by atoms with E-state index in [0.717, 1.165) is 13.0 Å². The summed E-state index contributed by atoms with van der Waals surface area (Å²) in [5, 5.41) is 3.49. The van der Waals surface area contributed by atoms with Crippen LogP contribution in [0.2, 0.25) is 0 Å². The van der Waals surface area contributed by atoms with Crippen LogP contribution in [0.25, 0.3) is 0 Å². The lowest BCUT2D eigenvalue weighted by molar-refractivity contribution is 0.0202. The average Bonchev–Trinajstić information content (AvgIpc) is 2.15. The van der Waals surface area contributed by atoms with Gasteiger partial charge in [-0.25, -0.2) is 0 Å². The number of allylic oxidation sites excluding steroid dienone is 1. The van der Waals surface area contributed by atoms with Crippen molar-refractivity contribution in [2.24, 2.45) is 5.92 Å². The maximum absolute atomic E-state index is 5.35. The molecule has 2 atom stereocenters. The number of nitrogens with one attached hydrogen (secondary N) is 1. The first-order valence-electron chi connectivity index (χ1n) is 5.32. The van der Waals surface area contributed by atoms with Crippen molar-refractivity contribution in [1.82, 2.24) is 5.32 Å². The first-order chi connectivity index (χ1) is 6.43. The van der Waals surface area contributed by atoms with Crippen LogP contribution in [0.4, 0.5) is 0 Å². The van der Waals surface area contributed by atoms with Crippen LogP contribution in [0, 0.1) is 5.92 Å². The van der Waals surface area contributed by atoms with E-state index in [1.165, 1.54) is 0 Å². The molecule has 0 aliphatic rings. The molecule has 14 heavy (non-hydrogen) atoms. The molecule has 0 saturated heterocycles. The molecule has 0 aliphatic carbocycles. The van der Waals surface area contributed by atoms with Gasteiger partial charge in [-0.15, -0.1) is 6.58 Å². The third-order valence-corrected chi connectivity index (χ3v) is 2.79. The number of rotatable bonds is 7. The molecule has 0 heterocycles. The van der Waals surface area contributed by atoms with Crippen molar-refractivity contribution in [1.29, 1.82) is 0 Å². The predicted molar refractivity (Wildman–Crippen MR) is 62.5 cm³/mol. The second-order valence-corrected chi connectivity index (χ2v) is 4.64. The molecular weight excluding hydrogens is 174 g/mol. The van der Waals surface area contributed by atoms with Crippen molar-refractivity contribution < 1.29 is 4.74 Å². The summed E-state index contributed by atoms with van der Waals surface area (Å²) < 4.78 is 5.35. The van der Waals surface area contributed by atoms with Gasteiger partial charge in [0.15, 0.2) is 0 Å². The van der Waals surface area contributed by atoms with Gasteiger partial charge in [0.2, 0.25) is 0 Å². The zero-order valence-corrected chi connectivity index (χ0v) is 10.3. The van der Waals surface area contributed by atoms with E-state index in [-0.39, 0.29) is 5.60 Å². The standard InChI is InChI=1S/C12H25NO/c1-7-8-10(2)11(3)13-9-12(4,5)14-6/h7,10-11,13H,1,8-9H2,2-6H3. The Hall–Kier alpha value is -0.340. The van der Waals surface area contributed by atoms with Crippen LogP contribution in [0.5, 0.6) is 0 Å². The van der Waals surface area contributed by atoms with Gasteiger partial charge in [0.1, 0.15) is 0 Å². The van der Waals surface area contributed by atoms with E-state index < -0.39 is 0 Å². The molecule has 0 amide bonds. The fourth-order valence-corrected chi connectivity index (χ4v) is 1.15. The van der Waals surface area contributed by atoms with Crippen LogP contribution in [0.15, 0.2) is 12.7 Å². The molecule has 0 fully saturated rings. The molecular formula is C12H25NO. The summed E-state index contributed by atoms with van der Waals surface area (Å²) in [6.45, 7) is 13.3. The Balaban J connectivity index is 3.83. The second kappa shape index (κ2) is 6.20. The molecule has 0 bridgehead atoms. The van der Waals surface area contributed by atoms with E-state index in [1.54, 1.807) is 7.11 Å². The highest BCUT2D eigenvalue weighted by atomic mass is 16.5. The number of methoxy groups -OCH3 is 1. The largest absolute Gasteiger partial charge is 0.377 e. The lowest BCUT2D eigenvalue weighted by Gasteiger charge is -2.28. The summed E-state index contributed by atoms with van der Waals surface area (Å²) >= 11 is 0. The number of hydrogen-bond donors (Lipinski definition) is 1. The fraction of sp³-hybridized carbons (Fsp3) is 0.833. The van der Waals surface area contributed by atoms with Gasteiger partial charge in [-0.05, 0) is 33.1 Å². The first-order valence-corrected chi connectivity index (χ1v) is 5.32. The molecule has 2 heteroatoms. The van der Waals surface area contributed by atoms with Crippen molar-refractivity contribution in [2.45, 2.75) is 45.8 Å². The van der Waals surface area contributed by atoms with Gasteiger partial charge in [-0.3, -0.25) is 0 Å². The minimum absolute atomic E-state index is 0.0812. The summed E-state index contributed by atoms with van der Waals surface area (Å²) in [5.74, 6) is 0.625. The van der Waals surface area contributed by atoms with E-state index in [2.05, 4.69) is 39.6 Å². The Morgan fingerprint density at radius 1 is 1.43 bits per heavy atom. The molecule has 0 saturated carbocycles. The summed E-state index contributed by atoms with van der Waals surface area (Å²) in [5.41, 5.74) is -0.0812. The number of hydrogen-bond acceptors (Lipinski definition) is 2. The molecule has 0 rings (SSSR count). The molecule has 84 valence electrons. The Morgan fingerprint density at radius 2 is 2.00 bits per heavy atom. The smallest absolute Gasteiger partial charge is 0.0746 e. The Morgan fingerprint density at radius 3 is 2.43 bits per heavy atom. The minimum Gasteiger partial charge on any atom is -0.377 e. The van der Waals surface area contributed by atoms with E-state index >= 15 is 0 Å². The van der Waals surface area contributed by atoms with Crippen molar-refractivity contribution >= 4 is 0 Å². The van der Waals surface area contributed by atoms with E-state index in [1.807, 2.05) is 6.08 Å². The summed E-state index contributed by atoms with van der Waals surface area (Å²) in [6, 6.07) is 0.502. The summed E-state index contributed by atoms with van der Waals surface area (Å²) in [7, 11) is 1.75. The maximum atomic E-state index is 5.35. The molecule has 0 radical (unpaired) electrons. The van der Waals surface area contributed by atoms with Crippen LogP contribution >= 0.6 is 0 Å². The molecule has 0 aromatic heterocycles. The van der Waals surface area contributed by atoms with Crippen LogP contribution in [-0.4, -0.2) is 25.3 Å². The zero-order valence-electron chi connectivity index (χ0n) is 10.3. The van der Waals surface area contributed by atoms with Crippen LogP contribution in [-0.2, 0) is 4.74 Å². The monoisotopic (exact) mass is 199 g/mol. The molecule has 0 aromatic rings. The third-order valence-electron chi connectivity index (χ3n) is 2.79. The van der Waals surface area contributed by atoms with Crippen molar-refractivity contribution in [3.8, 4) is 0 Å². The lowest BCUT2D eigenvalue weighted by Crippen LogP contribution is -2.43. The van der Waals surface area contributed by atoms with E-state index in [9.17, 15) is 0 Å². The van der Waals surface area contributed by atoms with Crippen LogP contribution in [0.3, 0.4) is 0 Å². The van der Waals surface area contributed by atoms with Gasteiger partial charge in [-0.2, -0.15) is 0 Å². The SMILES string of the molecule is C=CCC(C)C(C)NCC(C)(C)OC. The zero-order chi connectivity index (χ0) is 11.2. The predicted octanol–water partition coefficient (Wildman–Crippen LogP) is 2.60. The summed E-state index contributed by atoms with van der Waals surface area (Å²) in [4.78, 5) is 0. The van der Waals surface area contributed by atoms with E-state index in [0.29, 0.717) is 12.0 Å². The number of ether oxygens (including phenoxy) is 1. The van der Waals surface area contributed by atoms with Crippen LogP contribution < -0.4 is 5.32 Å². The van der Waals surface area contributed by atoms with E-state index in [4.69, 9.17) is 4.74 Å². The van der Waals surface area contributed by atoms with Gasteiger partial charge >= 0.3 is 0 Å². The molecule has 2 nitrogen and oxygen atoms in total.